The van der Waals surface area contributed by atoms with Crippen molar-refractivity contribution in [1.82, 2.24) is 0 Å². The van der Waals surface area contributed by atoms with E-state index in [1.165, 1.54) is 11.3 Å². The molecule has 0 saturated heterocycles. The Morgan fingerprint density at radius 2 is 2.06 bits per heavy atom. The number of amides is 1. The average Bonchev–Trinajstić information content (AvgIpc) is 2.86. The van der Waals surface area contributed by atoms with Crippen molar-refractivity contribution in [1.29, 1.82) is 0 Å². The van der Waals surface area contributed by atoms with Crippen LogP contribution < -0.4 is 11.1 Å². The number of benzene rings is 1. The van der Waals surface area contributed by atoms with Crippen LogP contribution in [0.4, 0.5) is 5.69 Å². The Kier molecular flexibility index (Phi) is 4.13. The Balaban J connectivity index is 2.17. The maximum atomic E-state index is 12.1. The van der Waals surface area contributed by atoms with E-state index in [4.69, 9.17) is 5.73 Å². The highest BCUT2D eigenvalue weighted by atomic mass is 32.1. The van der Waals surface area contributed by atoms with Crippen LogP contribution >= 0.6 is 11.3 Å². The first-order valence-corrected chi connectivity index (χ1v) is 6.32. The SMILES string of the molecule is NCC#Cc1ccsc1C(=O)Nc1ccccc1. The Hall–Kier alpha value is -2.09. The van der Waals surface area contributed by atoms with E-state index in [-0.39, 0.29) is 12.5 Å². The van der Waals surface area contributed by atoms with E-state index in [9.17, 15) is 4.79 Å². The molecule has 1 aromatic heterocycles. The molecule has 4 heteroatoms. The van der Waals surface area contributed by atoms with Crippen LogP contribution in [0.2, 0.25) is 0 Å². The Morgan fingerprint density at radius 3 is 2.78 bits per heavy atom. The number of rotatable bonds is 2. The molecular formula is C14H12N2OS. The molecule has 3 N–H and O–H groups in total. The molecule has 0 aliphatic heterocycles. The number of carbonyl (C=O) groups excluding carboxylic acids is 1. The van der Waals surface area contributed by atoms with E-state index < -0.39 is 0 Å². The largest absolute Gasteiger partial charge is 0.321 e. The van der Waals surface area contributed by atoms with Gasteiger partial charge in [-0.25, -0.2) is 0 Å². The van der Waals surface area contributed by atoms with Crippen LogP contribution in [0.25, 0.3) is 0 Å². The summed E-state index contributed by atoms with van der Waals surface area (Å²) in [6.07, 6.45) is 0. The summed E-state index contributed by atoms with van der Waals surface area (Å²) in [5.74, 6) is 5.51. The smallest absolute Gasteiger partial charge is 0.267 e. The van der Waals surface area contributed by atoms with Gasteiger partial charge < -0.3 is 11.1 Å². The summed E-state index contributed by atoms with van der Waals surface area (Å²) >= 11 is 1.37. The lowest BCUT2D eigenvalue weighted by Crippen LogP contribution is -2.11. The summed E-state index contributed by atoms with van der Waals surface area (Å²) in [6, 6.07) is 11.2. The molecule has 0 spiro atoms. The second-order valence-corrected chi connectivity index (χ2v) is 4.41. The number of hydrogen-bond acceptors (Lipinski definition) is 3. The lowest BCUT2D eigenvalue weighted by atomic mass is 10.2. The van der Waals surface area contributed by atoms with E-state index in [1.54, 1.807) is 0 Å². The lowest BCUT2D eigenvalue weighted by molar-refractivity contribution is 0.103. The molecule has 0 unspecified atom stereocenters. The fourth-order valence-electron chi connectivity index (χ4n) is 1.44. The molecule has 3 nitrogen and oxygen atoms in total. The van der Waals surface area contributed by atoms with Crippen molar-refractivity contribution in [3.63, 3.8) is 0 Å². The van der Waals surface area contributed by atoms with Crippen LogP contribution in [0, 0.1) is 11.8 Å². The molecule has 1 amide bonds. The van der Waals surface area contributed by atoms with Crippen LogP contribution in [0.3, 0.4) is 0 Å². The zero-order valence-corrected chi connectivity index (χ0v) is 10.5. The van der Waals surface area contributed by atoms with E-state index >= 15 is 0 Å². The molecule has 2 rings (SSSR count). The highest BCUT2D eigenvalue weighted by Gasteiger charge is 2.11. The minimum atomic E-state index is -0.141. The number of anilines is 1. The summed E-state index contributed by atoms with van der Waals surface area (Å²) in [5.41, 5.74) is 6.82. The minimum Gasteiger partial charge on any atom is -0.321 e. The minimum absolute atomic E-state index is 0.141. The van der Waals surface area contributed by atoms with Crippen molar-refractivity contribution in [2.24, 2.45) is 5.73 Å². The molecule has 18 heavy (non-hydrogen) atoms. The van der Waals surface area contributed by atoms with Gasteiger partial charge in [0, 0.05) is 11.3 Å². The van der Waals surface area contributed by atoms with Crippen LogP contribution in [-0.4, -0.2) is 12.5 Å². The second-order valence-electron chi connectivity index (χ2n) is 3.49. The van der Waals surface area contributed by atoms with E-state index in [2.05, 4.69) is 17.2 Å². The maximum absolute atomic E-state index is 12.1. The van der Waals surface area contributed by atoms with Crippen LogP contribution in [-0.2, 0) is 0 Å². The van der Waals surface area contributed by atoms with E-state index in [0.717, 1.165) is 11.3 Å². The number of carbonyl (C=O) groups is 1. The van der Waals surface area contributed by atoms with E-state index in [1.807, 2.05) is 41.8 Å². The predicted molar refractivity (Wildman–Crippen MR) is 74.6 cm³/mol. The van der Waals surface area contributed by atoms with Gasteiger partial charge in [0.1, 0.15) is 4.88 Å². The summed E-state index contributed by atoms with van der Waals surface area (Å²) in [7, 11) is 0. The molecule has 0 aliphatic carbocycles. The summed E-state index contributed by atoms with van der Waals surface area (Å²) < 4.78 is 0. The summed E-state index contributed by atoms with van der Waals surface area (Å²) in [5, 5.41) is 4.68. The van der Waals surface area contributed by atoms with Crippen molar-refractivity contribution in [2.45, 2.75) is 0 Å². The van der Waals surface area contributed by atoms with Crippen molar-refractivity contribution in [3.05, 3.63) is 52.2 Å². The molecule has 0 saturated carbocycles. The van der Waals surface area contributed by atoms with Crippen LogP contribution in [0.1, 0.15) is 15.2 Å². The Bertz CT molecular complexity index is 593. The van der Waals surface area contributed by atoms with Gasteiger partial charge >= 0.3 is 0 Å². The molecule has 1 heterocycles. The number of hydrogen-bond donors (Lipinski definition) is 2. The third kappa shape index (κ3) is 2.98. The third-order valence-electron chi connectivity index (χ3n) is 2.23. The monoisotopic (exact) mass is 256 g/mol. The van der Waals surface area contributed by atoms with Gasteiger partial charge in [-0.3, -0.25) is 4.79 Å². The Labute approximate surface area is 110 Å². The highest BCUT2D eigenvalue weighted by Crippen LogP contribution is 2.18. The molecule has 2 aromatic rings. The van der Waals surface area contributed by atoms with Gasteiger partial charge in [0.05, 0.1) is 6.54 Å². The topological polar surface area (TPSA) is 55.1 Å². The molecular weight excluding hydrogens is 244 g/mol. The van der Waals surface area contributed by atoms with Gasteiger partial charge in [0.15, 0.2) is 0 Å². The molecule has 0 radical (unpaired) electrons. The second kappa shape index (κ2) is 6.01. The standard InChI is InChI=1S/C14H12N2OS/c15-9-4-5-11-8-10-18-13(11)14(17)16-12-6-2-1-3-7-12/h1-3,6-8,10H,9,15H2,(H,16,17). The van der Waals surface area contributed by atoms with Crippen LogP contribution in [0.5, 0.6) is 0 Å². The van der Waals surface area contributed by atoms with Crippen LogP contribution in [0.15, 0.2) is 41.8 Å². The van der Waals surface area contributed by atoms with Gasteiger partial charge in [-0.1, -0.05) is 30.0 Å². The first-order valence-electron chi connectivity index (χ1n) is 5.44. The van der Waals surface area contributed by atoms with Gasteiger partial charge in [0.25, 0.3) is 5.91 Å². The number of thiophene rings is 1. The Morgan fingerprint density at radius 1 is 1.28 bits per heavy atom. The quantitative estimate of drug-likeness (QED) is 0.810. The number of nitrogens with one attached hydrogen (secondary N) is 1. The summed E-state index contributed by atoms with van der Waals surface area (Å²) in [4.78, 5) is 12.7. The van der Waals surface area contributed by atoms with Gasteiger partial charge in [-0.2, -0.15) is 0 Å². The first-order chi connectivity index (χ1) is 8.81. The molecule has 0 bridgehead atoms. The maximum Gasteiger partial charge on any atom is 0.267 e. The van der Waals surface area contributed by atoms with Crippen molar-refractivity contribution in [2.75, 3.05) is 11.9 Å². The number of nitrogens with two attached hydrogens (primary N) is 1. The molecule has 0 atom stereocenters. The fourth-order valence-corrected chi connectivity index (χ4v) is 2.18. The van der Waals surface area contributed by atoms with Crippen molar-refractivity contribution in [3.8, 4) is 11.8 Å². The molecule has 0 aliphatic rings. The number of para-hydroxylation sites is 1. The first kappa shape index (κ1) is 12.4. The van der Waals surface area contributed by atoms with Gasteiger partial charge in [-0.15, -0.1) is 11.3 Å². The predicted octanol–water partition coefficient (Wildman–Crippen LogP) is 2.31. The lowest BCUT2D eigenvalue weighted by Gasteiger charge is -2.03. The molecule has 1 aromatic carbocycles. The zero-order valence-electron chi connectivity index (χ0n) is 9.64. The normalized spacial score (nSPS) is 9.39. The van der Waals surface area contributed by atoms with Crippen molar-refractivity contribution < 1.29 is 4.79 Å². The third-order valence-corrected chi connectivity index (χ3v) is 3.14. The fraction of sp³-hybridized carbons (Fsp3) is 0.0714. The highest BCUT2D eigenvalue weighted by molar-refractivity contribution is 7.12. The average molecular weight is 256 g/mol. The zero-order chi connectivity index (χ0) is 12.8. The van der Waals surface area contributed by atoms with Gasteiger partial charge in [-0.05, 0) is 23.6 Å². The molecule has 90 valence electrons. The van der Waals surface area contributed by atoms with Gasteiger partial charge in [0.2, 0.25) is 0 Å². The van der Waals surface area contributed by atoms with E-state index in [0.29, 0.717) is 4.88 Å². The molecule has 0 fully saturated rings. The van der Waals surface area contributed by atoms with Crippen molar-refractivity contribution >= 4 is 22.9 Å². The summed E-state index contributed by atoms with van der Waals surface area (Å²) in [6.45, 7) is 0.287.